The molecule has 134 valence electrons. The fraction of sp³-hybridized carbons (Fsp3) is 0.556. The normalized spacial score (nSPS) is 12.5. The summed E-state index contributed by atoms with van der Waals surface area (Å²) >= 11 is 0. The molecule has 0 bridgehead atoms. The van der Waals surface area contributed by atoms with Gasteiger partial charge >= 0.3 is 12.1 Å². The van der Waals surface area contributed by atoms with E-state index in [1.807, 2.05) is 30.3 Å². The zero-order valence-corrected chi connectivity index (χ0v) is 14.6. The molecule has 1 amide bonds. The lowest BCUT2D eigenvalue weighted by Gasteiger charge is -2.20. The number of hydrogen-bond donors (Lipinski definition) is 2. The molecule has 1 rings (SSSR count). The number of nitrogens with one attached hydrogen (secondary N) is 1. The van der Waals surface area contributed by atoms with Crippen molar-refractivity contribution in [2.75, 3.05) is 13.2 Å². The Bertz CT molecular complexity index is 510. The van der Waals surface area contributed by atoms with E-state index in [-0.39, 0.29) is 6.61 Å². The van der Waals surface area contributed by atoms with Gasteiger partial charge < -0.3 is 19.9 Å². The summed E-state index contributed by atoms with van der Waals surface area (Å²) in [5.41, 5.74) is 0.465. The molecule has 1 atom stereocenters. The second kappa shape index (κ2) is 9.93. The third kappa shape index (κ3) is 9.15. The van der Waals surface area contributed by atoms with Crippen molar-refractivity contribution in [2.24, 2.45) is 5.92 Å². The van der Waals surface area contributed by atoms with Crippen molar-refractivity contribution in [3.63, 3.8) is 0 Å². The van der Waals surface area contributed by atoms with E-state index in [1.54, 1.807) is 20.8 Å². The van der Waals surface area contributed by atoms with Gasteiger partial charge in [0.05, 0.1) is 19.1 Å². The van der Waals surface area contributed by atoms with Gasteiger partial charge in [0.15, 0.2) is 0 Å². The molecule has 0 heterocycles. The summed E-state index contributed by atoms with van der Waals surface area (Å²) in [6.07, 6.45) is 0.486. The van der Waals surface area contributed by atoms with E-state index in [1.165, 1.54) is 0 Å². The number of carbonyl (C=O) groups is 2. The number of ether oxygens (including phenoxy) is 2. The second-order valence-corrected chi connectivity index (χ2v) is 6.61. The van der Waals surface area contributed by atoms with Crippen LogP contribution in [-0.4, -0.2) is 35.9 Å². The van der Waals surface area contributed by atoms with Crippen molar-refractivity contribution >= 4 is 12.1 Å². The highest BCUT2D eigenvalue weighted by Crippen LogP contribution is 2.10. The first kappa shape index (κ1) is 20.0. The van der Waals surface area contributed by atoms with Crippen LogP contribution < -0.4 is 5.32 Å². The molecule has 0 radical (unpaired) electrons. The van der Waals surface area contributed by atoms with Gasteiger partial charge in [0.25, 0.3) is 0 Å². The molecule has 0 aliphatic heterocycles. The minimum Gasteiger partial charge on any atom is -0.481 e. The van der Waals surface area contributed by atoms with Crippen LogP contribution >= 0.6 is 0 Å². The highest BCUT2D eigenvalue weighted by atomic mass is 16.6. The molecular weight excluding hydrogens is 310 g/mol. The number of hydrogen-bond acceptors (Lipinski definition) is 4. The van der Waals surface area contributed by atoms with Crippen molar-refractivity contribution in [1.82, 2.24) is 5.32 Å². The summed E-state index contributed by atoms with van der Waals surface area (Å²) in [4.78, 5) is 22.8. The molecule has 1 unspecified atom stereocenters. The Morgan fingerprint density at radius 2 is 1.88 bits per heavy atom. The number of benzene rings is 1. The Morgan fingerprint density at radius 3 is 2.46 bits per heavy atom. The first-order chi connectivity index (χ1) is 11.3. The van der Waals surface area contributed by atoms with Gasteiger partial charge in [-0.2, -0.15) is 0 Å². The van der Waals surface area contributed by atoms with Crippen molar-refractivity contribution in [2.45, 2.75) is 45.8 Å². The van der Waals surface area contributed by atoms with Crippen LogP contribution in [0.3, 0.4) is 0 Å². The molecular formula is C18H27NO5. The Hall–Kier alpha value is -2.08. The summed E-state index contributed by atoms with van der Waals surface area (Å²) in [6.45, 7) is 6.28. The van der Waals surface area contributed by atoms with Gasteiger partial charge in [-0.1, -0.05) is 30.3 Å². The standard InChI is InChI=1S/C18H27NO5/c1-18(2,3)24-17(22)19-11-7-10-15(16(20)21)13-23-12-14-8-5-4-6-9-14/h4-6,8-9,15H,7,10-13H2,1-3H3,(H,19,22)(H,20,21). The quantitative estimate of drug-likeness (QED) is 0.676. The third-order valence-electron chi connectivity index (χ3n) is 3.18. The maximum atomic E-state index is 11.5. The fourth-order valence-electron chi connectivity index (χ4n) is 2.02. The predicted molar refractivity (Wildman–Crippen MR) is 90.7 cm³/mol. The summed E-state index contributed by atoms with van der Waals surface area (Å²) in [6, 6.07) is 9.60. The number of rotatable bonds is 9. The van der Waals surface area contributed by atoms with Crippen LogP contribution in [0.15, 0.2) is 30.3 Å². The van der Waals surface area contributed by atoms with Gasteiger partial charge in [-0.3, -0.25) is 4.79 Å². The average Bonchev–Trinajstić information content (AvgIpc) is 2.48. The van der Waals surface area contributed by atoms with Crippen molar-refractivity contribution < 1.29 is 24.2 Å². The van der Waals surface area contributed by atoms with Crippen LogP contribution in [0.25, 0.3) is 0 Å². The Balaban J connectivity index is 2.24. The number of aliphatic carboxylic acids is 1. The largest absolute Gasteiger partial charge is 0.481 e. The molecule has 0 aromatic heterocycles. The summed E-state index contributed by atoms with van der Waals surface area (Å²) in [5.74, 6) is -1.48. The van der Waals surface area contributed by atoms with Crippen LogP contribution in [0, 0.1) is 5.92 Å². The molecule has 0 aliphatic rings. The SMILES string of the molecule is CC(C)(C)OC(=O)NCCCC(COCc1ccccc1)C(=O)O. The maximum Gasteiger partial charge on any atom is 0.407 e. The average molecular weight is 337 g/mol. The first-order valence-corrected chi connectivity index (χ1v) is 8.09. The summed E-state index contributed by atoms with van der Waals surface area (Å²) in [5, 5.41) is 11.9. The molecule has 2 N–H and O–H groups in total. The maximum absolute atomic E-state index is 11.5. The minimum atomic E-state index is -0.889. The molecule has 6 nitrogen and oxygen atoms in total. The fourth-order valence-corrected chi connectivity index (χ4v) is 2.02. The van der Waals surface area contributed by atoms with E-state index in [0.29, 0.717) is 26.0 Å². The highest BCUT2D eigenvalue weighted by Gasteiger charge is 2.18. The van der Waals surface area contributed by atoms with Crippen LogP contribution in [-0.2, 0) is 20.9 Å². The van der Waals surface area contributed by atoms with Gasteiger partial charge in [-0.15, -0.1) is 0 Å². The molecule has 24 heavy (non-hydrogen) atoms. The van der Waals surface area contributed by atoms with Gasteiger partial charge in [0.1, 0.15) is 5.60 Å². The van der Waals surface area contributed by atoms with E-state index < -0.39 is 23.6 Å². The van der Waals surface area contributed by atoms with Crippen LogP contribution in [0.4, 0.5) is 4.79 Å². The molecule has 0 spiro atoms. The van der Waals surface area contributed by atoms with Crippen molar-refractivity contribution in [1.29, 1.82) is 0 Å². The number of carboxylic acids is 1. The zero-order chi connectivity index (χ0) is 18.0. The monoisotopic (exact) mass is 337 g/mol. The van der Waals surface area contributed by atoms with Crippen LogP contribution in [0.5, 0.6) is 0 Å². The lowest BCUT2D eigenvalue weighted by molar-refractivity contribution is -0.144. The predicted octanol–water partition coefficient (Wildman–Crippen LogP) is 3.21. The Morgan fingerprint density at radius 1 is 1.21 bits per heavy atom. The van der Waals surface area contributed by atoms with Gasteiger partial charge in [0.2, 0.25) is 0 Å². The van der Waals surface area contributed by atoms with E-state index >= 15 is 0 Å². The van der Waals surface area contributed by atoms with Crippen molar-refractivity contribution in [3.05, 3.63) is 35.9 Å². The van der Waals surface area contributed by atoms with Gasteiger partial charge in [0, 0.05) is 6.54 Å². The number of carbonyl (C=O) groups excluding carboxylic acids is 1. The smallest absolute Gasteiger partial charge is 0.407 e. The zero-order valence-electron chi connectivity index (χ0n) is 14.6. The van der Waals surface area contributed by atoms with E-state index in [0.717, 1.165) is 5.56 Å². The lowest BCUT2D eigenvalue weighted by Crippen LogP contribution is -2.33. The highest BCUT2D eigenvalue weighted by molar-refractivity contribution is 5.70. The van der Waals surface area contributed by atoms with Gasteiger partial charge in [-0.25, -0.2) is 4.79 Å². The molecule has 0 saturated carbocycles. The van der Waals surface area contributed by atoms with Crippen LogP contribution in [0.2, 0.25) is 0 Å². The third-order valence-corrected chi connectivity index (χ3v) is 3.18. The summed E-state index contributed by atoms with van der Waals surface area (Å²) < 4.78 is 10.6. The van der Waals surface area contributed by atoms with E-state index in [4.69, 9.17) is 9.47 Å². The Kier molecular flexibility index (Phi) is 8.26. The van der Waals surface area contributed by atoms with E-state index in [2.05, 4.69) is 5.32 Å². The Labute approximate surface area is 143 Å². The molecule has 6 heteroatoms. The number of alkyl carbamates (subject to hydrolysis) is 1. The molecule has 0 aliphatic carbocycles. The molecule has 1 aromatic carbocycles. The number of carboxylic acid groups (broad SMARTS) is 1. The van der Waals surface area contributed by atoms with Crippen molar-refractivity contribution in [3.8, 4) is 0 Å². The lowest BCUT2D eigenvalue weighted by atomic mass is 10.0. The van der Waals surface area contributed by atoms with Crippen LogP contribution in [0.1, 0.15) is 39.2 Å². The van der Waals surface area contributed by atoms with Gasteiger partial charge in [-0.05, 0) is 39.2 Å². The first-order valence-electron chi connectivity index (χ1n) is 8.09. The second-order valence-electron chi connectivity index (χ2n) is 6.61. The molecule has 1 aromatic rings. The molecule has 0 saturated heterocycles. The minimum absolute atomic E-state index is 0.149. The van der Waals surface area contributed by atoms with E-state index in [9.17, 15) is 14.7 Å². The number of amides is 1. The topological polar surface area (TPSA) is 84.9 Å². The molecule has 0 fully saturated rings. The summed E-state index contributed by atoms with van der Waals surface area (Å²) in [7, 11) is 0.